The summed E-state index contributed by atoms with van der Waals surface area (Å²) in [5, 5.41) is 0. The van der Waals surface area contributed by atoms with Gasteiger partial charge in [0.2, 0.25) is 0 Å². The number of nitrogens with zero attached hydrogens (tertiary/aromatic N) is 2. The van der Waals surface area contributed by atoms with E-state index in [4.69, 9.17) is 4.74 Å². The van der Waals surface area contributed by atoms with Crippen molar-refractivity contribution in [1.29, 1.82) is 0 Å². The Morgan fingerprint density at radius 2 is 2.32 bits per heavy atom. The van der Waals surface area contributed by atoms with Crippen LogP contribution in [-0.4, -0.2) is 28.8 Å². The van der Waals surface area contributed by atoms with Crippen LogP contribution in [0.3, 0.4) is 0 Å². The van der Waals surface area contributed by atoms with E-state index in [1.54, 1.807) is 24.2 Å². The van der Waals surface area contributed by atoms with Crippen LogP contribution in [0.5, 0.6) is 0 Å². The van der Waals surface area contributed by atoms with Gasteiger partial charge in [-0.3, -0.25) is 14.8 Å². The first-order valence-electron chi connectivity index (χ1n) is 5.72. The zero-order chi connectivity index (χ0) is 13.8. The maximum absolute atomic E-state index is 11.4. The molecule has 2 rings (SSSR count). The van der Waals surface area contributed by atoms with Gasteiger partial charge in [0.1, 0.15) is 5.52 Å². The molecule has 0 radical (unpaired) electrons. The highest BCUT2D eigenvalue weighted by atomic mass is 79.9. The second-order valence-corrected chi connectivity index (χ2v) is 6.04. The molecule has 0 spiro atoms. The fourth-order valence-electron chi connectivity index (χ4n) is 1.58. The predicted molar refractivity (Wildman–Crippen MR) is 79.1 cm³/mol. The van der Waals surface area contributed by atoms with Gasteiger partial charge in [0, 0.05) is 27.5 Å². The predicted octanol–water partition coefficient (Wildman–Crippen LogP) is 3.29. The first kappa shape index (κ1) is 14.3. The van der Waals surface area contributed by atoms with Gasteiger partial charge >= 0.3 is 5.97 Å². The number of carbonyl (C=O) groups excluding carboxylic acids is 1. The van der Waals surface area contributed by atoms with Crippen LogP contribution in [0.25, 0.3) is 11.0 Å². The molecule has 6 heteroatoms. The number of rotatable bonds is 4. The number of methoxy groups -OCH3 is 1. The van der Waals surface area contributed by atoms with Crippen molar-refractivity contribution in [2.45, 2.75) is 11.8 Å². The molecular weight excluding hydrogens is 328 g/mol. The third kappa shape index (κ3) is 3.45. The molecule has 0 bridgehead atoms. The Labute approximate surface area is 124 Å². The molecule has 100 valence electrons. The minimum absolute atomic E-state index is 0.145. The first-order valence-corrected chi connectivity index (χ1v) is 7.50. The highest BCUT2D eigenvalue weighted by Crippen LogP contribution is 2.28. The SMILES string of the molecule is COC(=O)C(C)CSc1ccnc2cc(Br)cnc12. The normalized spacial score (nSPS) is 12.4. The largest absolute Gasteiger partial charge is 0.469 e. The molecule has 0 saturated carbocycles. The van der Waals surface area contributed by atoms with Crippen molar-refractivity contribution in [1.82, 2.24) is 9.97 Å². The van der Waals surface area contributed by atoms with Gasteiger partial charge in [-0.1, -0.05) is 6.92 Å². The van der Waals surface area contributed by atoms with Gasteiger partial charge in [0.15, 0.2) is 0 Å². The molecule has 0 N–H and O–H groups in total. The molecule has 0 aliphatic heterocycles. The highest BCUT2D eigenvalue weighted by molar-refractivity contribution is 9.10. The molecule has 0 saturated heterocycles. The van der Waals surface area contributed by atoms with Gasteiger partial charge in [-0.05, 0) is 28.1 Å². The Morgan fingerprint density at radius 1 is 1.53 bits per heavy atom. The van der Waals surface area contributed by atoms with E-state index >= 15 is 0 Å². The molecule has 2 heterocycles. The third-order valence-electron chi connectivity index (χ3n) is 2.60. The minimum atomic E-state index is -0.193. The minimum Gasteiger partial charge on any atom is -0.469 e. The first-order chi connectivity index (χ1) is 9.11. The number of pyridine rings is 2. The smallest absolute Gasteiger partial charge is 0.309 e. The maximum atomic E-state index is 11.4. The quantitative estimate of drug-likeness (QED) is 0.631. The van der Waals surface area contributed by atoms with Crippen molar-refractivity contribution < 1.29 is 9.53 Å². The van der Waals surface area contributed by atoms with E-state index < -0.39 is 0 Å². The number of ether oxygens (including phenoxy) is 1. The van der Waals surface area contributed by atoms with Crippen LogP contribution in [-0.2, 0) is 9.53 Å². The average Bonchev–Trinajstić information content (AvgIpc) is 2.43. The van der Waals surface area contributed by atoms with E-state index in [0.29, 0.717) is 5.75 Å². The summed E-state index contributed by atoms with van der Waals surface area (Å²) in [6.45, 7) is 1.85. The van der Waals surface area contributed by atoms with Crippen molar-refractivity contribution in [3.8, 4) is 0 Å². The third-order valence-corrected chi connectivity index (χ3v) is 4.34. The Kier molecular flexibility index (Phi) is 4.76. The van der Waals surface area contributed by atoms with Crippen molar-refractivity contribution in [3.63, 3.8) is 0 Å². The number of hydrogen-bond donors (Lipinski definition) is 0. The molecule has 2 aromatic rings. The summed E-state index contributed by atoms with van der Waals surface area (Å²) < 4.78 is 5.62. The molecule has 0 fully saturated rings. The lowest BCUT2D eigenvalue weighted by Gasteiger charge is -2.09. The van der Waals surface area contributed by atoms with Gasteiger partial charge < -0.3 is 4.74 Å². The number of esters is 1. The summed E-state index contributed by atoms with van der Waals surface area (Å²) in [6.07, 6.45) is 3.50. The van der Waals surface area contributed by atoms with Crippen LogP contribution in [0, 0.1) is 5.92 Å². The Hall–Kier alpha value is -1.14. The van der Waals surface area contributed by atoms with E-state index in [0.717, 1.165) is 20.4 Å². The van der Waals surface area contributed by atoms with Crippen molar-refractivity contribution >= 4 is 44.7 Å². The van der Waals surface area contributed by atoms with Crippen LogP contribution in [0.4, 0.5) is 0 Å². The van der Waals surface area contributed by atoms with E-state index in [2.05, 4.69) is 25.9 Å². The van der Waals surface area contributed by atoms with E-state index in [9.17, 15) is 4.79 Å². The van der Waals surface area contributed by atoms with Crippen LogP contribution in [0.2, 0.25) is 0 Å². The monoisotopic (exact) mass is 340 g/mol. The molecular formula is C13H13BrN2O2S. The lowest BCUT2D eigenvalue weighted by atomic mass is 10.2. The molecule has 0 aliphatic carbocycles. The fraction of sp³-hybridized carbons (Fsp3) is 0.308. The van der Waals surface area contributed by atoms with Crippen LogP contribution in [0.15, 0.2) is 33.9 Å². The molecule has 0 aliphatic rings. The summed E-state index contributed by atoms with van der Waals surface area (Å²) in [6, 6.07) is 3.84. The molecule has 0 aromatic carbocycles. The van der Waals surface area contributed by atoms with E-state index in [-0.39, 0.29) is 11.9 Å². The lowest BCUT2D eigenvalue weighted by molar-refractivity contribution is -0.143. The van der Waals surface area contributed by atoms with E-state index in [1.165, 1.54) is 7.11 Å². The standard InChI is InChI=1S/C13H13BrN2O2S/c1-8(13(17)18-2)7-19-11-3-4-15-10-5-9(14)6-16-12(10)11/h3-6,8H,7H2,1-2H3. The Morgan fingerprint density at radius 3 is 3.05 bits per heavy atom. The van der Waals surface area contributed by atoms with Gasteiger partial charge in [0.05, 0.1) is 18.5 Å². The Bertz CT molecular complexity index is 606. The molecule has 2 aromatic heterocycles. The molecule has 19 heavy (non-hydrogen) atoms. The van der Waals surface area contributed by atoms with Gasteiger partial charge in [-0.15, -0.1) is 11.8 Å². The lowest BCUT2D eigenvalue weighted by Crippen LogP contribution is -2.14. The number of thioether (sulfide) groups is 1. The second kappa shape index (κ2) is 6.34. The average molecular weight is 341 g/mol. The van der Waals surface area contributed by atoms with E-state index in [1.807, 2.05) is 19.1 Å². The number of fused-ring (bicyclic) bond motifs is 1. The summed E-state index contributed by atoms with van der Waals surface area (Å²) in [7, 11) is 1.41. The van der Waals surface area contributed by atoms with Crippen LogP contribution >= 0.6 is 27.7 Å². The summed E-state index contributed by atoms with van der Waals surface area (Å²) in [5.74, 6) is 0.319. The van der Waals surface area contributed by atoms with Crippen LogP contribution < -0.4 is 0 Å². The molecule has 1 unspecified atom stereocenters. The van der Waals surface area contributed by atoms with Gasteiger partial charge in [-0.2, -0.15) is 0 Å². The van der Waals surface area contributed by atoms with Crippen molar-refractivity contribution in [3.05, 3.63) is 29.0 Å². The maximum Gasteiger partial charge on any atom is 0.309 e. The number of carbonyl (C=O) groups is 1. The summed E-state index contributed by atoms with van der Waals surface area (Å²) in [4.78, 5) is 21.1. The fourth-order valence-corrected chi connectivity index (χ4v) is 2.92. The summed E-state index contributed by atoms with van der Waals surface area (Å²) in [5.41, 5.74) is 1.69. The molecule has 4 nitrogen and oxygen atoms in total. The number of aromatic nitrogens is 2. The van der Waals surface area contributed by atoms with Crippen molar-refractivity contribution in [2.75, 3.05) is 12.9 Å². The van der Waals surface area contributed by atoms with Gasteiger partial charge in [0.25, 0.3) is 0 Å². The molecule has 0 amide bonds. The van der Waals surface area contributed by atoms with Crippen molar-refractivity contribution in [2.24, 2.45) is 5.92 Å². The zero-order valence-corrected chi connectivity index (χ0v) is 13.0. The van der Waals surface area contributed by atoms with Gasteiger partial charge in [-0.25, -0.2) is 0 Å². The highest BCUT2D eigenvalue weighted by Gasteiger charge is 2.14. The van der Waals surface area contributed by atoms with Crippen LogP contribution in [0.1, 0.15) is 6.92 Å². The zero-order valence-electron chi connectivity index (χ0n) is 10.6. The molecule has 1 atom stereocenters. The Balaban J connectivity index is 2.19. The second-order valence-electron chi connectivity index (χ2n) is 4.07. The summed E-state index contributed by atoms with van der Waals surface area (Å²) >= 11 is 4.97. The number of halogens is 1. The topological polar surface area (TPSA) is 52.1 Å². The number of hydrogen-bond acceptors (Lipinski definition) is 5.